The van der Waals surface area contributed by atoms with Crippen molar-refractivity contribution in [2.75, 3.05) is 11.9 Å². The van der Waals surface area contributed by atoms with Crippen LogP contribution < -0.4 is 5.32 Å². The molecule has 0 atom stereocenters. The van der Waals surface area contributed by atoms with Crippen LogP contribution in [-0.2, 0) is 12.7 Å². The third-order valence-electron chi connectivity index (χ3n) is 2.81. The van der Waals surface area contributed by atoms with Crippen LogP contribution in [0.3, 0.4) is 0 Å². The van der Waals surface area contributed by atoms with Crippen LogP contribution in [0.15, 0.2) is 30.6 Å². The highest BCUT2D eigenvalue weighted by Crippen LogP contribution is 2.33. The molecule has 0 fully saturated rings. The minimum atomic E-state index is -4.54. The Morgan fingerprint density at radius 3 is 2.76 bits per heavy atom. The van der Waals surface area contributed by atoms with Crippen molar-refractivity contribution in [3.8, 4) is 6.07 Å². The highest BCUT2D eigenvalue weighted by molar-refractivity contribution is 5.53. The largest absolute Gasteiger partial charge is 0.417 e. The Labute approximate surface area is 119 Å². The van der Waals surface area contributed by atoms with Gasteiger partial charge in [0.2, 0.25) is 0 Å². The Hall–Kier alpha value is -2.56. The molecule has 0 unspecified atom stereocenters. The van der Waals surface area contributed by atoms with E-state index in [0.717, 1.165) is 6.07 Å². The Bertz CT molecular complexity index is 628. The van der Waals surface area contributed by atoms with E-state index in [1.165, 1.54) is 12.1 Å². The van der Waals surface area contributed by atoms with E-state index in [4.69, 9.17) is 5.26 Å². The van der Waals surface area contributed by atoms with E-state index in [1.807, 2.05) is 0 Å². The molecular weight excluding hydrogens is 283 g/mol. The van der Waals surface area contributed by atoms with Crippen molar-refractivity contribution in [2.45, 2.75) is 19.1 Å². The lowest BCUT2D eigenvalue weighted by Gasteiger charge is -2.12. The molecule has 0 aliphatic rings. The average molecular weight is 295 g/mol. The summed E-state index contributed by atoms with van der Waals surface area (Å²) in [6.45, 7) is 1.11. The smallest absolute Gasteiger partial charge is 0.385 e. The standard InChI is InChI=1S/C13H12F3N5/c14-13(15,16)12-8-11(3-2-10(12)9-17)18-4-1-6-21-7-5-19-20-21/h2-3,5,7-8,18H,1,4,6H2. The summed E-state index contributed by atoms with van der Waals surface area (Å²) >= 11 is 0. The highest BCUT2D eigenvalue weighted by Gasteiger charge is 2.33. The zero-order chi connectivity index (χ0) is 15.3. The molecular formula is C13H12F3N5. The summed E-state index contributed by atoms with van der Waals surface area (Å²) in [5.41, 5.74) is -0.971. The summed E-state index contributed by atoms with van der Waals surface area (Å²) in [4.78, 5) is 0. The quantitative estimate of drug-likeness (QED) is 0.861. The lowest BCUT2D eigenvalue weighted by atomic mass is 10.1. The van der Waals surface area contributed by atoms with E-state index in [9.17, 15) is 13.2 Å². The summed E-state index contributed by atoms with van der Waals surface area (Å²) < 4.78 is 40.0. The van der Waals surface area contributed by atoms with Crippen LogP contribution in [0.2, 0.25) is 0 Å². The van der Waals surface area contributed by atoms with Crippen LogP contribution in [0.1, 0.15) is 17.5 Å². The van der Waals surface area contributed by atoms with E-state index in [-0.39, 0.29) is 5.56 Å². The normalized spacial score (nSPS) is 11.1. The molecule has 110 valence electrons. The number of nitrogens with zero attached hydrogens (tertiary/aromatic N) is 4. The maximum atomic E-state index is 12.8. The molecule has 1 aromatic carbocycles. The van der Waals surface area contributed by atoms with E-state index in [1.54, 1.807) is 23.1 Å². The van der Waals surface area contributed by atoms with Gasteiger partial charge in [0.05, 0.1) is 23.4 Å². The van der Waals surface area contributed by atoms with Gasteiger partial charge in [-0.25, -0.2) is 0 Å². The Morgan fingerprint density at radius 2 is 2.14 bits per heavy atom. The van der Waals surface area contributed by atoms with Crippen LogP contribution in [0.4, 0.5) is 18.9 Å². The second-order valence-corrected chi connectivity index (χ2v) is 4.32. The first-order chi connectivity index (χ1) is 10.0. The number of hydrogen-bond donors (Lipinski definition) is 1. The SMILES string of the molecule is N#Cc1ccc(NCCCn2ccnn2)cc1C(F)(F)F. The molecule has 0 aliphatic carbocycles. The Morgan fingerprint density at radius 1 is 1.33 bits per heavy atom. The number of nitriles is 1. The lowest BCUT2D eigenvalue weighted by molar-refractivity contribution is -0.137. The predicted octanol–water partition coefficient (Wildman–Crippen LogP) is 2.67. The number of nitrogens with one attached hydrogen (secondary N) is 1. The summed E-state index contributed by atoms with van der Waals surface area (Å²) in [6.07, 6.45) is -0.582. The summed E-state index contributed by atoms with van der Waals surface area (Å²) in [7, 11) is 0. The average Bonchev–Trinajstić information content (AvgIpc) is 2.95. The minimum Gasteiger partial charge on any atom is -0.385 e. The van der Waals surface area contributed by atoms with Crippen molar-refractivity contribution in [1.82, 2.24) is 15.0 Å². The first-order valence-electron chi connectivity index (χ1n) is 6.20. The van der Waals surface area contributed by atoms with Gasteiger partial charge in [0.25, 0.3) is 0 Å². The Kier molecular flexibility index (Phi) is 4.42. The highest BCUT2D eigenvalue weighted by atomic mass is 19.4. The first-order valence-corrected chi connectivity index (χ1v) is 6.20. The van der Waals surface area contributed by atoms with Gasteiger partial charge in [0, 0.05) is 25.0 Å². The number of aryl methyl sites for hydroxylation is 1. The van der Waals surface area contributed by atoms with Gasteiger partial charge in [-0.15, -0.1) is 5.10 Å². The van der Waals surface area contributed by atoms with Crippen molar-refractivity contribution in [3.63, 3.8) is 0 Å². The van der Waals surface area contributed by atoms with Gasteiger partial charge in [-0.1, -0.05) is 5.21 Å². The third kappa shape index (κ3) is 3.95. The van der Waals surface area contributed by atoms with E-state index in [2.05, 4.69) is 15.6 Å². The lowest BCUT2D eigenvalue weighted by Crippen LogP contribution is -2.11. The predicted molar refractivity (Wildman–Crippen MR) is 69.3 cm³/mol. The number of hydrogen-bond acceptors (Lipinski definition) is 4. The molecule has 21 heavy (non-hydrogen) atoms. The Balaban J connectivity index is 1.96. The second-order valence-electron chi connectivity index (χ2n) is 4.32. The molecule has 2 aromatic rings. The van der Waals surface area contributed by atoms with Gasteiger partial charge in [-0.2, -0.15) is 18.4 Å². The third-order valence-corrected chi connectivity index (χ3v) is 2.81. The van der Waals surface area contributed by atoms with Crippen molar-refractivity contribution in [2.24, 2.45) is 0 Å². The van der Waals surface area contributed by atoms with Gasteiger partial charge in [0.1, 0.15) is 0 Å². The number of halogens is 3. The molecule has 0 bridgehead atoms. The number of alkyl halides is 3. The van der Waals surface area contributed by atoms with E-state index < -0.39 is 11.7 Å². The van der Waals surface area contributed by atoms with Crippen molar-refractivity contribution >= 4 is 5.69 Å². The van der Waals surface area contributed by atoms with Gasteiger partial charge in [-0.3, -0.25) is 4.68 Å². The summed E-state index contributed by atoms with van der Waals surface area (Å²) in [5, 5.41) is 19.0. The van der Waals surface area contributed by atoms with Crippen LogP contribution in [0.25, 0.3) is 0 Å². The van der Waals surface area contributed by atoms with Crippen LogP contribution in [0, 0.1) is 11.3 Å². The number of benzene rings is 1. The summed E-state index contributed by atoms with van der Waals surface area (Å²) in [6, 6.07) is 5.13. The van der Waals surface area contributed by atoms with Gasteiger partial charge >= 0.3 is 6.18 Å². The fraction of sp³-hybridized carbons (Fsp3) is 0.308. The van der Waals surface area contributed by atoms with Crippen LogP contribution in [-0.4, -0.2) is 21.5 Å². The van der Waals surface area contributed by atoms with Gasteiger partial charge in [0.15, 0.2) is 0 Å². The number of aromatic nitrogens is 3. The van der Waals surface area contributed by atoms with Gasteiger partial charge in [-0.05, 0) is 24.6 Å². The van der Waals surface area contributed by atoms with Crippen molar-refractivity contribution < 1.29 is 13.2 Å². The zero-order valence-electron chi connectivity index (χ0n) is 10.9. The fourth-order valence-corrected chi connectivity index (χ4v) is 1.81. The maximum Gasteiger partial charge on any atom is 0.417 e. The molecule has 2 rings (SSSR count). The molecule has 1 aromatic heterocycles. The monoisotopic (exact) mass is 295 g/mol. The molecule has 1 N–H and O–H groups in total. The molecule has 0 spiro atoms. The fourth-order valence-electron chi connectivity index (χ4n) is 1.81. The maximum absolute atomic E-state index is 12.8. The van der Waals surface area contributed by atoms with E-state index in [0.29, 0.717) is 25.2 Å². The van der Waals surface area contributed by atoms with Crippen LogP contribution >= 0.6 is 0 Å². The molecule has 0 saturated heterocycles. The second kappa shape index (κ2) is 6.26. The van der Waals surface area contributed by atoms with Gasteiger partial charge < -0.3 is 5.32 Å². The minimum absolute atomic E-state index is 0.333. The van der Waals surface area contributed by atoms with Crippen LogP contribution in [0.5, 0.6) is 0 Å². The molecule has 8 heteroatoms. The van der Waals surface area contributed by atoms with E-state index >= 15 is 0 Å². The molecule has 5 nitrogen and oxygen atoms in total. The molecule has 1 heterocycles. The number of anilines is 1. The topological polar surface area (TPSA) is 66.5 Å². The van der Waals surface area contributed by atoms with Crippen molar-refractivity contribution in [1.29, 1.82) is 5.26 Å². The molecule has 0 aliphatic heterocycles. The summed E-state index contributed by atoms with van der Waals surface area (Å²) in [5.74, 6) is 0. The zero-order valence-corrected chi connectivity index (χ0v) is 10.9. The first kappa shape index (κ1) is 14.8. The molecule has 0 radical (unpaired) electrons. The van der Waals surface area contributed by atoms with Crippen molar-refractivity contribution in [3.05, 3.63) is 41.7 Å². The number of rotatable bonds is 5. The molecule has 0 saturated carbocycles. The molecule has 0 amide bonds.